The maximum absolute atomic E-state index is 12.1. The van der Waals surface area contributed by atoms with Gasteiger partial charge in [0.1, 0.15) is 0 Å². The van der Waals surface area contributed by atoms with Gasteiger partial charge in [0.25, 0.3) is 0 Å². The van der Waals surface area contributed by atoms with Crippen LogP contribution in [-0.2, 0) is 10.1 Å². The number of nitriles is 1. The summed E-state index contributed by atoms with van der Waals surface area (Å²) in [5.74, 6) is 0.595. The molecule has 0 aromatic heterocycles. The van der Waals surface area contributed by atoms with Crippen molar-refractivity contribution in [2.24, 2.45) is 5.92 Å². The van der Waals surface area contributed by atoms with E-state index in [4.69, 9.17) is 14.2 Å². The third-order valence-electron chi connectivity index (χ3n) is 3.67. The Kier molecular flexibility index (Phi) is 5.07. The lowest BCUT2D eigenvalue weighted by atomic mass is 9.91. The fourth-order valence-electron chi connectivity index (χ4n) is 2.62. The van der Waals surface area contributed by atoms with E-state index in [1.165, 1.54) is 31.7 Å². The van der Waals surface area contributed by atoms with Crippen molar-refractivity contribution in [2.75, 3.05) is 12.9 Å². The van der Waals surface area contributed by atoms with Crippen LogP contribution in [0.4, 0.5) is 0 Å². The zero-order chi connectivity index (χ0) is 15.3. The average molecular weight is 309 g/mol. The van der Waals surface area contributed by atoms with Crippen molar-refractivity contribution in [2.45, 2.75) is 32.1 Å². The van der Waals surface area contributed by atoms with Gasteiger partial charge in [-0.3, -0.25) is 0 Å². The first-order valence-corrected chi connectivity index (χ1v) is 8.62. The van der Waals surface area contributed by atoms with E-state index >= 15 is 0 Å². The summed E-state index contributed by atoms with van der Waals surface area (Å²) < 4.78 is 34.5. The third-order valence-corrected chi connectivity index (χ3v) is 4.99. The third kappa shape index (κ3) is 4.36. The van der Waals surface area contributed by atoms with Crippen LogP contribution < -0.4 is 8.92 Å². The van der Waals surface area contributed by atoms with E-state index < -0.39 is 10.1 Å². The van der Waals surface area contributed by atoms with E-state index in [1.807, 2.05) is 6.07 Å². The summed E-state index contributed by atoms with van der Waals surface area (Å²) in [6.07, 6.45) is 5.22. The monoisotopic (exact) mass is 309 g/mol. The van der Waals surface area contributed by atoms with Crippen molar-refractivity contribution >= 4 is 10.1 Å². The minimum atomic E-state index is -3.65. The highest BCUT2D eigenvalue weighted by molar-refractivity contribution is 7.87. The summed E-state index contributed by atoms with van der Waals surface area (Å²) in [5.41, 5.74) is 0.392. The van der Waals surface area contributed by atoms with Crippen molar-refractivity contribution < 1.29 is 17.3 Å². The molecule has 1 aromatic rings. The van der Waals surface area contributed by atoms with Crippen LogP contribution in [0.3, 0.4) is 0 Å². The molecule has 1 aromatic carbocycles. The number of nitrogens with zero attached hydrogens (tertiary/aromatic N) is 1. The Morgan fingerprint density at radius 3 is 2.57 bits per heavy atom. The topological polar surface area (TPSA) is 76.4 Å². The number of benzene rings is 1. The zero-order valence-corrected chi connectivity index (χ0v) is 12.9. The van der Waals surface area contributed by atoms with Crippen LogP contribution in [0.1, 0.15) is 37.7 Å². The normalized spacial score (nSPS) is 16.2. The van der Waals surface area contributed by atoms with Gasteiger partial charge in [-0.2, -0.15) is 13.7 Å². The van der Waals surface area contributed by atoms with Gasteiger partial charge in [0.15, 0.2) is 11.5 Å². The Balaban J connectivity index is 2.10. The van der Waals surface area contributed by atoms with Gasteiger partial charge in [-0.05, 0) is 30.9 Å². The highest BCUT2D eigenvalue weighted by atomic mass is 32.2. The molecule has 6 heteroatoms. The number of rotatable bonds is 5. The number of hydrogen-bond donors (Lipinski definition) is 0. The molecule has 0 bridgehead atoms. The van der Waals surface area contributed by atoms with Gasteiger partial charge >= 0.3 is 10.1 Å². The number of methoxy groups -OCH3 is 1. The van der Waals surface area contributed by atoms with Crippen molar-refractivity contribution in [3.05, 3.63) is 23.8 Å². The minimum absolute atomic E-state index is 0.0379. The summed E-state index contributed by atoms with van der Waals surface area (Å²) in [4.78, 5) is 0. The van der Waals surface area contributed by atoms with Crippen LogP contribution in [0.15, 0.2) is 18.2 Å². The number of hydrogen-bond acceptors (Lipinski definition) is 5. The fourth-order valence-corrected chi connectivity index (χ4v) is 4.01. The molecule has 0 aliphatic heterocycles. The molecule has 2 rings (SSSR count). The van der Waals surface area contributed by atoms with Gasteiger partial charge in [-0.15, -0.1) is 0 Å². The van der Waals surface area contributed by atoms with Crippen molar-refractivity contribution in [3.63, 3.8) is 0 Å². The van der Waals surface area contributed by atoms with E-state index in [9.17, 15) is 8.42 Å². The van der Waals surface area contributed by atoms with Crippen LogP contribution in [0.25, 0.3) is 0 Å². The molecule has 21 heavy (non-hydrogen) atoms. The van der Waals surface area contributed by atoms with E-state index in [1.54, 1.807) is 0 Å². The lowest BCUT2D eigenvalue weighted by molar-refractivity contribution is 0.367. The van der Waals surface area contributed by atoms with E-state index in [-0.39, 0.29) is 23.2 Å². The molecule has 0 heterocycles. The maximum Gasteiger partial charge on any atom is 0.309 e. The van der Waals surface area contributed by atoms with Crippen LogP contribution in [0.2, 0.25) is 0 Å². The summed E-state index contributed by atoms with van der Waals surface area (Å²) in [6, 6.07) is 6.40. The molecular formula is C15H19NO4S. The molecule has 5 nitrogen and oxygen atoms in total. The summed E-state index contributed by atoms with van der Waals surface area (Å²) in [5, 5.41) is 8.83. The standard InChI is InChI=1S/C15H19NO4S/c1-19-15-9-13(10-16)7-8-14(15)20-21(17,18)11-12-5-3-2-4-6-12/h7-9,12H,2-6,11H2,1H3. The highest BCUT2D eigenvalue weighted by Gasteiger charge is 2.24. The second kappa shape index (κ2) is 6.81. The Labute approximate surface area is 125 Å². The lowest BCUT2D eigenvalue weighted by Crippen LogP contribution is -2.22. The van der Waals surface area contributed by atoms with Crippen molar-refractivity contribution in [3.8, 4) is 17.6 Å². The summed E-state index contributed by atoms with van der Waals surface area (Å²) in [6.45, 7) is 0. The Hall–Kier alpha value is -1.74. The predicted octanol–water partition coefficient (Wildman–Crippen LogP) is 2.86. The minimum Gasteiger partial charge on any atom is -0.493 e. The Bertz CT molecular complexity index is 628. The molecule has 0 spiro atoms. The molecule has 1 aliphatic carbocycles. The molecule has 1 aliphatic rings. The molecule has 0 unspecified atom stereocenters. The molecule has 0 amide bonds. The molecule has 0 saturated heterocycles. The summed E-state index contributed by atoms with van der Waals surface area (Å²) >= 11 is 0. The molecular weight excluding hydrogens is 290 g/mol. The first-order chi connectivity index (χ1) is 10.0. The molecule has 1 fully saturated rings. The van der Waals surface area contributed by atoms with Crippen LogP contribution in [0.5, 0.6) is 11.5 Å². The van der Waals surface area contributed by atoms with Gasteiger partial charge in [0.05, 0.1) is 24.5 Å². The number of ether oxygens (including phenoxy) is 1. The van der Waals surface area contributed by atoms with Gasteiger partial charge in [0, 0.05) is 6.07 Å². The maximum atomic E-state index is 12.1. The quantitative estimate of drug-likeness (QED) is 0.782. The smallest absolute Gasteiger partial charge is 0.309 e. The molecule has 1 saturated carbocycles. The fraction of sp³-hybridized carbons (Fsp3) is 0.533. The van der Waals surface area contributed by atoms with Gasteiger partial charge < -0.3 is 8.92 Å². The largest absolute Gasteiger partial charge is 0.493 e. The van der Waals surface area contributed by atoms with Crippen LogP contribution >= 0.6 is 0 Å². The van der Waals surface area contributed by atoms with E-state index in [0.717, 1.165) is 25.7 Å². The van der Waals surface area contributed by atoms with Gasteiger partial charge in [-0.25, -0.2) is 0 Å². The lowest BCUT2D eigenvalue weighted by Gasteiger charge is -2.21. The van der Waals surface area contributed by atoms with Crippen LogP contribution in [-0.4, -0.2) is 21.3 Å². The van der Waals surface area contributed by atoms with Crippen molar-refractivity contribution in [1.29, 1.82) is 5.26 Å². The Morgan fingerprint density at radius 2 is 1.95 bits per heavy atom. The molecule has 0 radical (unpaired) electrons. The second-order valence-corrected chi connectivity index (χ2v) is 6.90. The van der Waals surface area contributed by atoms with Crippen LogP contribution in [0, 0.1) is 17.2 Å². The Morgan fingerprint density at radius 1 is 1.24 bits per heavy atom. The first-order valence-electron chi connectivity index (χ1n) is 7.04. The molecule has 114 valence electrons. The van der Waals surface area contributed by atoms with E-state index in [0.29, 0.717) is 5.56 Å². The molecule has 0 N–H and O–H groups in total. The van der Waals surface area contributed by atoms with Crippen molar-refractivity contribution in [1.82, 2.24) is 0 Å². The highest BCUT2D eigenvalue weighted by Crippen LogP contribution is 2.31. The predicted molar refractivity (Wildman–Crippen MR) is 78.7 cm³/mol. The molecule has 0 atom stereocenters. The summed E-state index contributed by atoms with van der Waals surface area (Å²) in [7, 11) is -2.24. The van der Waals surface area contributed by atoms with Gasteiger partial charge in [0.2, 0.25) is 0 Å². The zero-order valence-electron chi connectivity index (χ0n) is 12.0. The first kappa shape index (κ1) is 15.6. The average Bonchev–Trinajstić information content (AvgIpc) is 2.47. The van der Waals surface area contributed by atoms with Gasteiger partial charge in [-0.1, -0.05) is 19.3 Å². The second-order valence-electron chi connectivity index (χ2n) is 5.29. The van der Waals surface area contributed by atoms with E-state index in [2.05, 4.69) is 0 Å². The SMILES string of the molecule is COc1cc(C#N)ccc1OS(=O)(=O)CC1CCCCC1.